The van der Waals surface area contributed by atoms with Crippen molar-refractivity contribution in [2.24, 2.45) is 10.9 Å². The van der Waals surface area contributed by atoms with Crippen molar-refractivity contribution in [1.29, 1.82) is 0 Å². The van der Waals surface area contributed by atoms with Gasteiger partial charge in [-0.1, -0.05) is 39.3 Å². The molecular weight excluding hydrogens is 491 g/mol. The van der Waals surface area contributed by atoms with Gasteiger partial charge in [-0.3, -0.25) is 0 Å². The van der Waals surface area contributed by atoms with Crippen molar-refractivity contribution >= 4 is 29.9 Å². The van der Waals surface area contributed by atoms with Crippen LogP contribution in [0, 0.1) is 5.92 Å². The minimum Gasteiger partial charge on any atom is -0.492 e. The zero-order chi connectivity index (χ0) is 21.3. The zero-order valence-corrected chi connectivity index (χ0v) is 21.7. The van der Waals surface area contributed by atoms with Gasteiger partial charge < -0.3 is 25.4 Å². The van der Waals surface area contributed by atoms with E-state index in [1.807, 2.05) is 12.1 Å². The van der Waals surface area contributed by atoms with Gasteiger partial charge in [0, 0.05) is 26.2 Å². The summed E-state index contributed by atoms with van der Waals surface area (Å²) in [6, 6.07) is 8.19. The molecule has 0 aliphatic rings. The topological polar surface area (TPSA) is 69.1 Å². The zero-order valence-electron chi connectivity index (χ0n) is 19.3. The minimum absolute atomic E-state index is 0. The van der Waals surface area contributed by atoms with Crippen molar-refractivity contribution in [2.75, 3.05) is 45.9 Å². The number of hydrogen-bond donors (Lipinski definition) is 3. The fourth-order valence-electron chi connectivity index (χ4n) is 3.22. The standard InChI is InChI=1S/C23H42N4O2.HI/c1-5-9-20(14-16-28)18-25-23(24-6-2)26-19-21-10-12-22(13-11-21)29-17-15-27(7-3)8-4;/h10-13,20,28H,5-9,14-19H2,1-4H3,(H2,24,25,26);1H. The first-order chi connectivity index (χ1) is 14.2. The largest absolute Gasteiger partial charge is 0.492 e. The maximum atomic E-state index is 9.23. The maximum absolute atomic E-state index is 9.23. The molecule has 1 unspecified atom stereocenters. The lowest BCUT2D eigenvalue weighted by molar-refractivity contribution is 0.223. The molecule has 1 aromatic carbocycles. The Morgan fingerprint density at radius 1 is 1.07 bits per heavy atom. The van der Waals surface area contributed by atoms with Crippen LogP contribution in [-0.4, -0.2) is 61.9 Å². The molecule has 3 N–H and O–H groups in total. The molecule has 174 valence electrons. The van der Waals surface area contributed by atoms with Crippen molar-refractivity contribution in [3.8, 4) is 5.75 Å². The highest BCUT2D eigenvalue weighted by molar-refractivity contribution is 14.0. The predicted molar refractivity (Wildman–Crippen MR) is 138 cm³/mol. The Kier molecular flexibility index (Phi) is 18.0. The summed E-state index contributed by atoms with van der Waals surface area (Å²) in [6.45, 7) is 14.9. The molecule has 0 amide bonds. The van der Waals surface area contributed by atoms with Crippen molar-refractivity contribution in [3.05, 3.63) is 29.8 Å². The van der Waals surface area contributed by atoms with Crippen LogP contribution in [0.3, 0.4) is 0 Å². The summed E-state index contributed by atoms with van der Waals surface area (Å²) in [5.74, 6) is 2.20. The number of ether oxygens (including phenoxy) is 1. The Morgan fingerprint density at radius 2 is 1.77 bits per heavy atom. The second-order valence-electron chi connectivity index (χ2n) is 7.26. The average Bonchev–Trinajstić information content (AvgIpc) is 2.74. The van der Waals surface area contributed by atoms with Gasteiger partial charge in [-0.05, 0) is 56.5 Å². The first-order valence-electron chi connectivity index (χ1n) is 11.2. The quantitative estimate of drug-likeness (QED) is 0.181. The van der Waals surface area contributed by atoms with Gasteiger partial charge >= 0.3 is 0 Å². The molecule has 1 rings (SSSR count). The minimum atomic E-state index is 0. The number of likely N-dealkylation sites (N-methyl/N-ethyl adjacent to an activating group) is 1. The van der Waals surface area contributed by atoms with Crippen molar-refractivity contribution < 1.29 is 9.84 Å². The number of aliphatic imine (C=N–C) groups is 1. The van der Waals surface area contributed by atoms with E-state index in [0.717, 1.165) is 69.3 Å². The number of aliphatic hydroxyl groups excluding tert-OH is 1. The summed E-state index contributed by atoms with van der Waals surface area (Å²) >= 11 is 0. The first kappa shape index (κ1) is 28.9. The van der Waals surface area contributed by atoms with Gasteiger partial charge in [-0.25, -0.2) is 4.99 Å². The van der Waals surface area contributed by atoms with Gasteiger partial charge in [0.05, 0.1) is 6.54 Å². The molecule has 0 heterocycles. The third-order valence-corrected chi connectivity index (χ3v) is 5.05. The van der Waals surface area contributed by atoms with Gasteiger partial charge in [-0.2, -0.15) is 0 Å². The monoisotopic (exact) mass is 534 g/mol. The molecule has 0 fully saturated rings. The predicted octanol–water partition coefficient (Wildman–Crippen LogP) is 3.88. The molecule has 0 bridgehead atoms. The van der Waals surface area contributed by atoms with Gasteiger partial charge in [0.2, 0.25) is 0 Å². The van der Waals surface area contributed by atoms with E-state index in [2.05, 4.69) is 55.4 Å². The fourth-order valence-corrected chi connectivity index (χ4v) is 3.22. The number of hydrogen-bond acceptors (Lipinski definition) is 4. The fraction of sp³-hybridized carbons (Fsp3) is 0.696. The second kappa shape index (κ2) is 18.7. The Hall–Kier alpha value is -1.06. The molecule has 7 heteroatoms. The van der Waals surface area contributed by atoms with Crippen LogP contribution in [-0.2, 0) is 6.54 Å². The van der Waals surface area contributed by atoms with E-state index in [4.69, 9.17) is 9.73 Å². The second-order valence-corrected chi connectivity index (χ2v) is 7.26. The molecule has 30 heavy (non-hydrogen) atoms. The molecule has 1 aromatic rings. The summed E-state index contributed by atoms with van der Waals surface area (Å²) in [6.07, 6.45) is 3.07. The van der Waals surface area contributed by atoms with Crippen molar-refractivity contribution in [1.82, 2.24) is 15.5 Å². The Labute approximate surface area is 200 Å². The van der Waals surface area contributed by atoms with E-state index in [1.54, 1.807) is 0 Å². The molecule has 0 saturated heterocycles. The molecule has 6 nitrogen and oxygen atoms in total. The van der Waals surface area contributed by atoms with Crippen LogP contribution < -0.4 is 15.4 Å². The van der Waals surface area contributed by atoms with Crippen LogP contribution in [0.25, 0.3) is 0 Å². The van der Waals surface area contributed by atoms with Crippen molar-refractivity contribution in [3.63, 3.8) is 0 Å². The maximum Gasteiger partial charge on any atom is 0.191 e. The Bertz CT molecular complexity index is 545. The third kappa shape index (κ3) is 12.6. The number of benzene rings is 1. The van der Waals surface area contributed by atoms with Crippen LogP contribution in [0.1, 0.15) is 52.5 Å². The number of nitrogens with one attached hydrogen (secondary N) is 2. The summed E-state index contributed by atoms with van der Waals surface area (Å²) in [5, 5.41) is 15.9. The first-order valence-corrected chi connectivity index (χ1v) is 11.2. The Morgan fingerprint density at radius 3 is 2.33 bits per heavy atom. The number of aliphatic hydroxyl groups is 1. The molecule has 1 atom stereocenters. The van der Waals surface area contributed by atoms with Crippen LogP contribution in [0.5, 0.6) is 5.75 Å². The molecular formula is C23H43IN4O2. The lowest BCUT2D eigenvalue weighted by Gasteiger charge is -2.18. The number of nitrogens with zero attached hydrogens (tertiary/aromatic N) is 2. The highest BCUT2D eigenvalue weighted by Crippen LogP contribution is 2.13. The lowest BCUT2D eigenvalue weighted by Crippen LogP contribution is -2.40. The van der Waals surface area contributed by atoms with E-state index in [0.29, 0.717) is 19.1 Å². The van der Waals surface area contributed by atoms with Crippen LogP contribution in [0.2, 0.25) is 0 Å². The molecule has 0 saturated carbocycles. The summed E-state index contributed by atoms with van der Waals surface area (Å²) in [4.78, 5) is 7.05. The smallest absolute Gasteiger partial charge is 0.191 e. The van der Waals surface area contributed by atoms with E-state index in [9.17, 15) is 5.11 Å². The van der Waals surface area contributed by atoms with Gasteiger partial charge in [0.25, 0.3) is 0 Å². The number of halogens is 1. The number of rotatable bonds is 15. The van der Waals surface area contributed by atoms with Crippen molar-refractivity contribution in [2.45, 2.75) is 53.5 Å². The van der Waals surface area contributed by atoms with Crippen LogP contribution in [0.15, 0.2) is 29.3 Å². The van der Waals surface area contributed by atoms with Crippen LogP contribution >= 0.6 is 24.0 Å². The normalized spacial score (nSPS) is 12.4. The third-order valence-electron chi connectivity index (χ3n) is 5.05. The lowest BCUT2D eigenvalue weighted by atomic mass is 10.0. The SMILES string of the molecule is CCCC(CCO)CNC(=NCc1ccc(OCCN(CC)CC)cc1)NCC.I. The van der Waals surface area contributed by atoms with E-state index in [1.165, 1.54) is 0 Å². The summed E-state index contributed by atoms with van der Waals surface area (Å²) in [5.41, 5.74) is 1.15. The van der Waals surface area contributed by atoms with E-state index in [-0.39, 0.29) is 30.6 Å². The number of guanidine groups is 1. The highest BCUT2D eigenvalue weighted by Gasteiger charge is 2.08. The van der Waals surface area contributed by atoms with E-state index >= 15 is 0 Å². The molecule has 0 aliphatic carbocycles. The molecule has 0 spiro atoms. The van der Waals surface area contributed by atoms with E-state index < -0.39 is 0 Å². The van der Waals surface area contributed by atoms with Gasteiger partial charge in [0.1, 0.15) is 12.4 Å². The molecule has 0 aromatic heterocycles. The van der Waals surface area contributed by atoms with Crippen LogP contribution in [0.4, 0.5) is 0 Å². The summed E-state index contributed by atoms with van der Waals surface area (Å²) < 4.78 is 5.85. The average molecular weight is 535 g/mol. The summed E-state index contributed by atoms with van der Waals surface area (Å²) in [7, 11) is 0. The molecule has 0 aliphatic heterocycles. The highest BCUT2D eigenvalue weighted by atomic mass is 127. The van der Waals surface area contributed by atoms with Gasteiger partial charge in [-0.15, -0.1) is 24.0 Å². The van der Waals surface area contributed by atoms with Gasteiger partial charge in [0.15, 0.2) is 5.96 Å². The Balaban J connectivity index is 0.00000841. The molecule has 0 radical (unpaired) electrons.